The van der Waals surface area contributed by atoms with E-state index in [2.05, 4.69) is 75.7 Å². The van der Waals surface area contributed by atoms with E-state index < -0.39 is 0 Å². The first-order chi connectivity index (χ1) is 14.2. The van der Waals surface area contributed by atoms with Gasteiger partial charge in [0.2, 0.25) is 0 Å². The maximum atomic E-state index is 5.35. The van der Waals surface area contributed by atoms with Crippen LogP contribution in [-0.2, 0) is 4.74 Å². The Bertz CT molecular complexity index is 917. The second-order valence-electron chi connectivity index (χ2n) is 7.43. The van der Waals surface area contributed by atoms with Crippen molar-refractivity contribution in [2.24, 2.45) is 5.92 Å². The van der Waals surface area contributed by atoms with Crippen molar-refractivity contribution in [3.8, 4) is 0 Å². The van der Waals surface area contributed by atoms with Crippen molar-refractivity contribution >= 4 is 17.1 Å². The van der Waals surface area contributed by atoms with Crippen LogP contribution in [0.1, 0.15) is 25.1 Å². The lowest BCUT2D eigenvalue weighted by Crippen LogP contribution is -2.25. The molecule has 5 heteroatoms. The Hall–Kier alpha value is -3.05. The Morgan fingerprint density at radius 3 is 2.69 bits per heavy atom. The molecule has 3 unspecified atom stereocenters. The van der Waals surface area contributed by atoms with Crippen molar-refractivity contribution in [3.05, 3.63) is 84.4 Å². The van der Waals surface area contributed by atoms with Crippen LogP contribution in [0.3, 0.4) is 0 Å². The summed E-state index contributed by atoms with van der Waals surface area (Å²) < 4.78 is 5.35. The first kappa shape index (κ1) is 19.3. The highest BCUT2D eigenvalue weighted by Gasteiger charge is 2.25. The van der Waals surface area contributed by atoms with Crippen LogP contribution in [0.25, 0.3) is 0 Å². The number of nitrogens with one attached hydrogen (secondary N) is 3. The first-order valence-electron chi connectivity index (χ1n) is 10.1. The van der Waals surface area contributed by atoms with Crippen LogP contribution in [0, 0.1) is 5.92 Å². The van der Waals surface area contributed by atoms with Gasteiger partial charge in [-0.3, -0.25) is 4.98 Å². The van der Waals surface area contributed by atoms with Gasteiger partial charge < -0.3 is 20.7 Å². The molecule has 1 aromatic carbocycles. The maximum absolute atomic E-state index is 5.35. The lowest BCUT2D eigenvalue weighted by Gasteiger charge is -2.19. The summed E-state index contributed by atoms with van der Waals surface area (Å²) in [6.45, 7) is 2.91. The van der Waals surface area contributed by atoms with Crippen LogP contribution in [-0.4, -0.2) is 24.7 Å². The molecule has 3 N–H and O–H groups in total. The second-order valence-corrected chi connectivity index (χ2v) is 7.43. The Morgan fingerprint density at radius 1 is 1.07 bits per heavy atom. The lowest BCUT2D eigenvalue weighted by atomic mass is 9.90. The van der Waals surface area contributed by atoms with Crippen molar-refractivity contribution in [1.29, 1.82) is 0 Å². The number of hydrogen-bond acceptors (Lipinski definition) is 5. The summed E-state index contributed by atoms with van der Waals surface area (Å²) in [6, 6.07) is 12.8. The summed E-state index contributed by atoms with van der Waals surface area (Å²) in [5.41, 5.74) is 5.55. The van der Waals surface area contributed by atoms with Crippen molar-refractivity contribution in [3.63, 3.8) is 0 Å². The molecule has 0 bridgehead atoms. The van der Waals surface area contributed by atoms with Crippen molar-refractivity contribution in [1.82, 2.24) is 10.3 Å². The minimum absolute atomic E-state index is 0.0242. The molecule has 1 aliphatic heterocycles. The minimum Gasteiger partial charge on any atom is -0.385 e. The number of ether oxygens (including phenoxy) is 1. The number of methoxy groups -OCH3 is 1. The van der Waals surface area contributed by atoms with Crippen molar-refractivity contribution in [2.75, 3.05) is 24.3 Å². The van der Waals surface area contributed by atoms with Crippen LogP contribution < -0.4 is 16.0 Å². The summed E-state index contributed by atoms with van der Waals surface area (Å²) in [5, 5.41) is 10.4. The van der Waals surface area contributed by atoms with Crippen LogP contribution in [0.15, 0.2) is 78.7 Å². The second kappa shape index (κ2) is 8.97. The number of anilines is 3. The monoisotopic (exact) mass is 388 g/mol. The van der Waals surface area contributed by atoms with Crippen molar-refractivity contribution < 1.29 is 4.74 Å². The Balaban J connectivity index is 1.28. The molecule has 0 amide bonds. The molecule has 150 valence electrons. The molecule has 1 aliphatic carbocycles. The van der Waals surface area contributed by atoms with Gasteiger partial charge in [-0.15, -0.1) is 0 Å². The van der Waals surface area contributed by atoms with Crippen molar-refractivity contribution in [2.45, 2.75) is 25.5 Å². The third-order valence-corrected chi connectivity index (χ3v) is 5.49. The van der Waals surface area contributed by atoms with Gasteiger partial charge in [0.1, 0.15) is 0 Å². The fourth-order valence-corrected chi connectivity index (χ4v) is 3.72. The van der Waals surface area contributed by atoms with Gasteiger partial charge in [0.15, 0.2) is 0 Å². The summed E-state index contributed by atoms with van der Waals surface area (Å²) >= 11 is 0. The lowest BCUT2D eigenvalue weighted by molar-refractivity contribution is 0.116. The van der Waals surface area contributed by atoms with E-state index in [1.807, 2.05) is 19.1 Å². The number of nitrogens with zero attached hydrogens (tertiary/aromatic N) is 1. The number of allylic oxidation sites excluding steroid dienone is 2. The molecule has 0 radical (unpaired) electrons. The van der Waals surface area contributed by atoms with Crippen LogP contribution in [0.5, 0.6) is 0 Å². The average Bonchev–Trinajstić information content (AvgIpc) is 3.18. The molecule has 0 spiro atoms. The summed E-state index contributed by atoms with van der Waals surface area (Å²) in [6.07, 6.45) is 13.8. The molecule has 2 aromatic rings. The smallest absolute Gasteiger partial charge is 0.0963 e. The molecule has 0 saturated heterocycles. The maximum Gasteiger partial charge on any atom is 0.0963 e. The highest BCUT2D eigenvalue weighted by atomic mass is 16.5. The van der Waals surface area contributed by atoms with E-state index >= 15 is 0 Å². The fraction of sp³-hybridized carbons (Fsp3) is 0.292. The van der Waals surface area contributed by atoms with Gasteiger partial charge in [-0.05, 0) is 61.5 Å². The Kier molecular flexibility index (Phi) is 5.96. The molecule has 0 fully saturated rings. The zero-order valence-corrected chi connectivity index (χ0v) is 16.9. The van der Waals surface area contributed by atoms with Gasteiger partial charge in [-0.25, -0.2) is 0 Å². The standard InChI is InChI=1S/C24H28N4O/c1-17(29-2)24-15-21(12-14-26-24)28-20-9-7-19(8-10-20)25-13-11-18-16-27-23-6-4-3-5-22(18)23/h3-10,12,14-17,22-23,25,27H,11,13H2,1-2H3,(H,26,28). The molecule has 2 heterocycles. The number of benzene rings is 1. The number of pyridine rings is 1. The Labute approximate surface area is 172 Å². The number of aromatic nitrogens is 1. The fourth-order valence-electron chi connectivity index (χ4n) is 3.72. The summed E-state index contributed by atoms with van der Waals surface area (Å²) in [5.74, 6) is 0.499. The predicted octanol–water partition coefficient (Wildman–Crippen LogP) is 4.93. The normalized spacial score (nSPS) is 20.6. The molecule has 2 aliphatic rings. The Morgan fingerprint density at radius 2 is 1.86 bits per heavy atom. The largest absolute Gasteiger partial charge is 0.385 e. The molecule has 3 atom stereocenters. The van der Waals surface area contributed by atoms with Crippen LogP contribution >= 0.6 is 0 Å². The van der Waals surface area contributed by atoms with E-state index in [1.54, 1.807) is 13.3 Å². The first-order valence-corrected chi connectivity index (χ1v) is 10.1. The zero-order chi connectivity index (χ0) is 20.1. The zero-order valence-electron chi connectivity index (χ0n) is 16.9. The highest BCUT2D eigenvalue weighted by molar-refractivity contribution is 5.62. The van der Waals surface area contributed by atoms with Crippen LogP contribution in [0.2, 0.25) is 0 Å². The van der Waals surface area contributed by atoms with Crippen LogP contribution in [0.4, 0.5) is 17.1 Å². The number of hydrogen-bond donors (Lipinski definition) is 3. The molecule has 4 rings (SSSR count). The van der Waals surface area contributed by atoms with E-state index in [0.717, 1.165) is 35.7 Å². The SMILES string of the molecule is COC(C)c1cc(Nc2ccc(NCCC3=CNC4C=CC=CC34)cc2)ccn1. The van der Waals surface area contributed by atoms with E-state index in [4.69, 9.17) is 4.74 Å². The number of fused-ring (bicyclic) bond motifs is 1. The van der Waals surface area contributed by atoms with Gasteiger partial charge in [0.05, 0.1) is 17.8 Å². The predicted molar refractivity (Wildman–Crippen MR) is 119 cm³/mol. The van der Waals surface area contributed by atoms with E-state index in [0.29, 0.717) is 12.0 Å². The average molecular weight is 389 g/mol. The topological polar surface area (TPSA) is 58.2 Å². The minimum atomic E-state index is -0.0242. The third kappa shape index (κ3) is 4.69. The molecule has 5 nitrogen and oxygen atoms in total. The molecule has 0 saturated carbocycles. The molecule has 1 aromatic heterocycles. The van der Waals surface area contributed by atoms with Gasteiger partial charge in [0, 0.05) is 42.8 Å². The quantitative estimate of drug-likeness (QED) is 0.598. The van der Waals surface area contributed by atoms with E-state index in [-0.39, 0.29) is 6.10 Å². The third-order valence-electron chi connectivity index (χ3n) is 5.49. The molecular formula is C24H28N4O. The van der Waals surface area contributed by atoms with E-state index in [1.165, 1.54) is 5.57 Å². The summed E-state index contributed by atoms with van der Waals surface area (Å²) in [7, 11) is 1.69. The summed E-state index contributed by atoms with van der Waals surface area (Å²) in [4.78, 5) is 4.37. The van der Waals surface area contributed by atoms with Gasteiger partial charge in [0.25, 0.3) is 0 Å². The van der Waals surface area contributed by atoms with Gasteiger partial charge in [-0.2, -0.15) is 0 Å². The molecular weight excluding hydrogens is 360 g/mol. The van der Waals surface area contributed by atoms with E-state index in [9.17, 15) is 0 Å². The molecule has 29 heavy (non-hydrogen) atoms. The van der Waals surface area contributed by atoms with Gasteiger partial charge in [-0.1, -0.05) is 24.3 Å². The highest BCUT2D eigenvalue weighted by Crippen LogP contribution is 2.28. The number of rotatable bonds is 8. The van der Waals surface area contributed by atoms with Gasteiger partial charge >= 0.3 is 0 Å².